The lowest BCUT2D eigenvalue weighted by Crippen LogP contribution is -2.27. The number of nitrogens with zero attached hydrogens (tertiary/aromatic N) is 3. The minimum Gasteiger partial charge on any atom is -0.390 e. The molecule has 0 bridgehead atoms. The van der Waals surface area contributed by atoms with Gasteiger partial charge in [-0.2, -0.15) is 0 Å². The summed E-state index contributed by atoms with van der Waals surface area (Å²) in [6.07, 6.45) is 0. The number of ether oxygens (including phenoxy) is 1. The van der Waals surface area contributed by atoms with Crippen molar-refractivity contribution in [3.8, 4) is 0 Å². The first kappa shape index (κ1) is 10.8. The summed E-state index contributed by atoms with van der Waals surface area (Å²) in [6.45, 7) is 6.84. The minimum absolute atomic E-state index is 0.0925. The maximum Gasteiger partial charge on any atom is 0.319 e. The van der Waals surface area contributed by atoms with Gasteiger partial charge in [-0.05, 0) is 13.8 Å². The summed E-state index contributed by atoms with van der Waals surface area (Å²) in [5.41, 5.74) is 5.33. The monoisotopic (exact) mass is 200 g/mol. The molecule has 1 aromatic rings. The number of anilines is 2. The molecule has 0 aliphatic carbocycles. The first-order valence-corrected chi connectivity index (χ1v) is 4.69. The second kappa shape index (κ2) is 5.43. The number of aromatic nitrogens is 2. The third kappa shape index (κ3) is 2.88. The van der Waals surface area contributed by atoms with Crippen molar-refractivity contribution in [2.75, 3.05) is 36.9 Å². The fourth-order valence-electron chi connectivity index (χ4n) is 1.06. The van der Waals surface area contributed by atoms with Crippen LogP contribution in [0.2, 0.25) is 0 Å². The molecule has 0 aliphatic rings. The molecule has 0 aliphatic heterocycles. The first-order chi connectivity index (χ1) is 6.77. The third-order valence-corrected chi connectivity index (χ3v) is 1.79. The summed E-state index contributed by atoms with van der Waals surface area (Å²) in [6, 6.07) is 0.541. The van der Waals surface area contributed by atoms with E-state index in [1.54, 1.807) is 0 Å². The Morgan fingerprint density at radius 3 is 2.71 bits per heavy atom. The van der Waals surface area contributed by atoms with Gasteiger partial charge in [0.1, 0.15) is 0 Å². The Balaban J connectivity index is 2.45. The summed E-state index contributed by atoms with van der Waals surface area (Å²) < 4.78 is 10.3. The van der Waals surface area contributed by atoms with Crippen LogP contribution in [0.5, 0.6) is 0 Å². The molecule has 14 heavy (non-hydrogen) atoms. The zero-order valence-corrected chi connectivity index (χ0v) is 8.56. The zero-order valence-electron chi connectivity index (χ0n) is 8.56. The van der Waals surface area contributed by atoms with Crippen molar-refractivity contribution in [2.24, 2.45) is 0 Å². The lowest BCUT2D eigenvalue weighted by atomic mass is 10.5. The topological polar surface area (TPSA) is 77.4 Å². The van der Waals surface area contributed by atoms with Gasteiger partial charge in [0.25, 0.3) is 0 Å². The van der Waals surface area contributed by atoms with E-state index in [0.29, 0.717) is 19.2 Å². The van der Waals surface area contributed by atoms with Crippen molar-refractivity contribution in [3.63, 3.8) is 0 Å². The van der Waals surface area contributed by atoms with Gasteiger partial charge in [0.05, 0.1) is 6.61 Å². The number of nitrogen functional groups attached to an aromatic ring is 1. The third-order valence-electron chi connectivity index (χ3n) is 1.79. The fraction of sp³-hybridized carbons (Fsp3) is 0.750. The number of hydrogen-bond acceptors (Lipinski definition) is 6. The Kier molecular flexibility index (Phi) is 4.18. The van der Waals surface area contributed by atoms with E-state index in [1.807, 2.05) is 18.7 Å². The average Bonchev–Trinajstić information content (AvgIpc) is 2.60. The van der Waals surface area contributed by atoms with Gasteiger partial charge in [-0.25, -0.2) is 0 Å². The SMILES string of the molecule is CCOCCN(CC)c1nnc(N)o1. The average molecular weight is 200 g/mol. The molecule has 1 rings (SSSR count). The van der Waals surface area contributed by atoms with E-state index in [1.165, 1.54) is 0 Å². The van der Waals surface area contributed by atoms with Gasteiger partial charge >= 0.3 is 12.0 Å². The number of nitrogens with two attached hydrogens (primary N) is 1. The minimum atomic E-state index is 0.0925. The van der Waals surface area contributed by atoms with Gasteiger partial charge in [-0.15, -0.1) is 0 Å². The molecule has 2 N–H and O–H groups in total. The lowest BCUT2D eigenvalue weighted by Gasteiger charge is -2.16. The van der Waals surface area contributed by atoms with Crippen molar-refractivity contribution in [2.45, 2.75) is 13.8 Å². The van der Waals surface area contributed by atoms with Crippen LogP contribution in [0.25, 0.3) is 0 Å². The first-order valence-electron chi connectivity index (χ1n) is 4.69. The van der Waals surface area contributed by atoms with Gasteiger partial charge in [0.15, 0.2) is 0 Å². The van der Waals surface area contributed by atoms with Crippen LogP contribution in [-0.4, -0.2) is 36.5 Å². The number of hydrogen-bond donors (Lipinski definition) is 1. The van der Waals surface area contributed by atoms with Gasteiger partial charge in [-0.1, -0.05) is 10.2 Å². The van der Waals surface area contributed by atoms with Crippen LogP contribution < -0.4 is 10.6 Å². The largest absolute Gasteiger partial charge is 0.390 e. The number of rotatable bonds is 6. The summed E-state index contributed by atoms with van der Waals surface area (Å²) in [5, 5.41) is 7.39. The molecule has 0 atom stereocenters. The smallest absolute Gasteiger partial charge is 0.319 e. The molecule has 80 valence electrons. The van der Waals surface area contributed by atoms with Crippen LogP contribution in [-0.2, 0) is 4.74 Å². The molecule has 1 heterocycles. The van der Waals surface area contributed by atoms with Crippen molar-refractivity contribution < 1.29 is 9.15 Å². The molecule has 0 saturated carbocycles. The van der Waals surface area contributed by atoms with E-state index < -0.39 is 0 Å². The number of likely N-dealkylation sites (N-methyl/N-ethyl adjacent to an activating group) is 1. The standard InChI is InChI=1S/C8H16N4O2/c1-3-12(5-6-13-4-2)8-11-10-7(9)14-8/h3-6H2,1-2H3,(H2,9,10). The van der Waals surface area contributed by atoms with Gasteiger partial charge < -0.3 is 19.8 Å². The van der Waals surface area contributed by atoms with Crippen LogP contribution in [0.3, 0.4) is 0 Å². The van der Waals surface area contributed by atoms with Crippen LogP contribution in [0.4, 0.5) is 12.0 Å². The Hall–Kier alpha value is -1.30. The molecule has 0 unspecified atom stereocenters. The van der Waals surface area contributed by atoms with Gasteiger partial charge in [0.2, 0.25) is 0 Å². The van der Waals surface area contributed by atoms with Gasteiger partial charge in [-0.3, -0.25) is 0 Å². The summed E-state index contributed by atoms with van der Waals surface area (Å²) in [7, 11) is 0. The molecule has 1 aromatic heterocycles. The van der Waals surface area contributed by atoms with Crippen LogP contribution in [0.1, 0.15) is 13.8 Å². The molecule has 6 nitrogen and oxygen atoms in total. The molecule has 0 aromatic carbocycles. The van der Waals surface area contributed by atoms with Crippen LogP contribution in [0.15, 0.2) is 4.42 Å². The summed E-state index contributed by atoms with van der Waals surface area (Å²) in [4.78, 5) is 1.92. The molecule has 6 heteroatoms. The quantitative estimate of drug-likeness (QED) is 0.674. The van der Waals surface area contributed by atoms with E-state index in [9.17, 15) is 0 Å². The van der Waals surface area contributed by atoms with E-state index in [2.05, 4.69) is 10.2 Å². The Morgan fingerprint density at radius 1 is 1.43 bits per heavy atom. The molecule has 0 radical (unpaired) electrons. The Morgan fingerprint density at radius 2 is 2.21 bits per heavy atom. The predicted molar refractivity (Wildman–Crippen MR) is 53.1 cm³/mol. The zero-order chi connectivity index (χ0) is 10.4. The van der Waals surface area contributed by atoms with Crippen molar-refractivity contribution in [3.05, 3.63) is 0 Å². The second-order valence-corrected chi connectivity index (χ2v) is 2.70. The second-order valence-electron chi connectivity index (χ2n) is 2.70. The van der Waals surface area contributed by atoms with Crippen molar-refractivity contribution in [1.82, 2.24) is 10.2 Å². The van der Waals surface area contributed by atoms with E-state index in [4.69, 9.17) is 14.9 Å². The Bertz CT molecular complexity index is 264. The van der Waals surface area contributed by atoms with Crippen LogP contribution >= 0.6 is 0 Å². The fourth-order valence-corrected chi connectivity index (χ4v) is 1.06. The van der Waals surface area contributed by atoms with E-state index >= 15 is 0 Å². The summed E-state index contributed by atoms with van der Waals surface area (Å²) in [5.74, 6) is 0. The van der Waals surface area contributed by atoms with Gasteiger partial charge in [0, 0.05) is 19.7 Å². The molecule has 0 spiro atoms. The van der Waals surface area contributed by atoms with E-state index in [-0.39, 0.29) is 6.01 Å². The van der Waals surface area contributed by atoms with Crippen molar-refractivity contribution in [1.29, 1.82) is 0 Å². The highest BCUT2D eigenvalue weighted by Crippen LogP contribution is 2.12. The highest BCUT2D eigenvalue weighted by atomic mass is 16.5. The predicted octanol–water partition coefficient (Wildman–Crippen LogP) is 0.515. The van der Waals surface area contributed by atoms with E-state index in [0.717, 1.165) is 13.1 Å². The highest BCUT2D eigenvalue weighted by Gasteiger charge is 2.10. The Labute approximate surface area is 83.0 Å². The molecule has 0 amide bonds. The maximum absolute atomic E-state index is 5.33. The molecular weight excluding hydrogens is 184 g/mol. The maximum atomic E-state index is 5.33. The van der Waals surface area contributed by atoms with Crippen molar-refractivity contribution >= 4 is 12.0 Å². The molecule has 0 fully saturated rings. The van der Waals surface area contributed by atoms with Crippen LogP contribution in [0, 0.1) is 0 Å². The summed E-state index contributed by atoms with van der Waals surface area (Å²) >= 11 is 0. The normalized spacial score (nSPS) is 10.4. The lowest BCUT2D eigenvalue weighted by molar-refractivity contribution is 0.153. The molecular formula is C8H16N4O2. The molecule has 0 saturated heterocycles. The highest BCUT2D eigenvalue weighted by molar-refractivity contribution is 5.27.